The van der Waals surface area contributed by atoms with Crippen molar-refractivity contribution in [1.82, 2.24) is 14.9 Å². The van der Waals surface area contributed by atoms with E-state index in [9.17, 15) is 0 Å². The van der Waals surface area contributed by atoms with Gasteiger partial charge >= 0.3 is 0 Å². The molecule has 2 aromatic rings. The second-order valence-electron chi connectivity index (χ2n) is 6.36. The Morgan fingerprint density at radius 3 is 2.87 bits per heavy atom. The van der Waals surface area contributed by atoms with Crippen LogP contribution in [0.2, 0.25) is 0 Å². The molecule has 0 bridgehead atoms. The summed E-state index contributed by atoms with van der Waals surface area (Å²) in [4.78, 5) is 13.5. The molecule has 2 aliphatic heterocycles. The maximum Gasteiger partial charge on any atom is 0.132 e. The number of benzene rings is 1. The molecule has 2 saturated heterocycles. The number of nitrogens with zero attached hydrogens (tertiary/aromatic N) is 4. The van der Waals surface area contributed by atoms with Crippen LogP contribution in [0, 0.1) is 6.92 Å². The molecule has 3 heterocycles. The first-order valence-electron chi connectivity index (χ1n) is 8.23. The smallest absolute Gasteiger partial charge is 0.132 e. The summed E-state index contributed by atoms with van der Waals surface area (Å²) in [5.74, 6) is 1.01. The molecule has 0 N–H and O–H groups in total. The van der Waals surface area contributed by atoms with E-state index in [2.05, 4.69) is 56.2 Å². The summed E-state index contributed by atoms with van der Waals surface area (Å²) in [5.41, 5.74) is 2.37. The van der Waals surface area contributed by atoms with E-state index < -0.39 is 0 Å². The summed E-state index contributed by atoms with van der Waals surface area (Å²) in [6.07, 6.45) is 1.91. The first-order chi connectivity index (χ1) is 11.3. The molecule has 0 unspecified atom stereocenters. The third-order valence-electron chi connectivity index (χ3n) is 4.76. The van der Waals surface area contributed by atoms with Gasteiger partial charge in [-0.2, -0.15) is 0 Å². The van der Waals surface area contributed by atoms with Gasteiger partial charge in [0.2, 0.25) is 0 Å². The van der Waals surface area contributed by atoms with Gasteiger partial charge in [0.05, 0.1) is 18.8 Å². The van der Waals surface area contributed by atoms with Crippen LogP contribution in [0.5, 0.6) is 0 Å². The van der Waals surface area contributed by atoms with Gasteiger partial charge in [-0.25, -0.2) is 9.97 Å². The Bertz CT molecular complexity index is 663. The predicted molar refractivity (Wildman–Crippen MR) is 89.4 cm³/mol. The van der Waals surface area contributed by atoms with E-state index in [1.165, 1.54) is 5.56 Å². The summed E-state index contributed by atoms with van der Waals surface area (Å²) in [7, 11) is 0. The highest BCUT2D eigenvalue weighted by Gasteiger charge is 2.40. The average molecular weight is 310 g/mol. The van der Waals surface area contributed by atoms with E-state index in [1.807, 2.05) is 6.92 Å². The van der Waals surface area contributed by atoms with E-state index >= 15 is 0 Å². The number of morpholine rings is 1. The van der Waals surface area contributed by atoms with Crippen LogP contribution in [0.15, 0.2) is 42.7 Å². The van der Waals surface area contributed by atoms with Crippen molar-refractivity contribution in [1.29, 1.82) is 0 Å². The van der Waals surface area contributed by atoms with E-state index in [1.54, 1.807) is 6.33 Å². The highest BCUT2D eigenvalue weighted by atomic mass is 16.5. The zero-order chi connectivity index (χ0) is 15.6. The largest absolute Gasteiger partial charge is 0.373 e. The third kappa shape index (κ3) is 3.07. The molecule has 0 saturated carbocycles. The highest BCUT2D eigenvalue weighted by molar-refractivity contribution is 5.41. The van der Waals surface area contributed by atoms with Gasteiger partial charge in [0.15, 0.2) is 0 Å². The van der Waals surface area contributed by atoms with Gasteiger partial charge in [-0.05, 0) is 12.5 Å². The van der Waals surface area contributed by atoms with Gasteiger partial charge < -0.3 is 9.64 Å². The molecule has 2 fully saturated rings. The minimum Gasteiger partial charge on any atom is -0.373 e. The fourth-order valence-corrected chi connectivity index (χ4v) is 3.57. The molecule has 0 spiro atoms. The SMILES string of the molecule is Cc1cc(N2C[C@@H]3[C@@H](C2)OCCN3Cc2ccccc2)ncn1. The molecule has 4 rings (SSSR count). The average Bonchev–Trinajstić information content (AvgIpc) is 3.01. The molecular formula is C18H22N4O. The number of ether oxygens (including phenoxy) is 1. The molecule has 2 atom stereocenters. The number of anilines is 1. The van der Waals surface area contributed by atoms with Crippen molar-refractivity contribution in [2.24, 2.45) is 0 Å². The number of aromatic nitrogens is 2. The Morgan fingerprint density at radius 1 is 1.17 bits per heavy atom. The predicted octanol–water partition coefficient (Wildman–Crippen LogP) is 1.87. The van der Waals surface area contributed by atoms with E-state index in [0.717, 1.165) is 44.3 Å². The quantitative estimate of drug-likeness (QED) is 0.866. The van der Waals surface area contributed by atoms with Gasteiger partial charge in [-0.1, -0.05) is 30.3 Å². The molecule has 2 aliphatic rings. The van der Waals surface area contributed by atoms with Crippen LogP contribution in [0.1, 0.15) is 11.3 Å². The Morgan fingerprint density at radius 2 is 2.04 bits per heavy atom. The van der Waals surface area contributed by atoms with Crippen LogP contribution in [0.25, 0.3) is 0 Å². The summed E-state index contributed by atoms with van der Waals surface area (Å²) >= 11 is 0. The van der Waals surface area contributed by atoms with E-state index in [0.29, 0.717) is 6.04 Å². The van der Waals surface area contributed by atoms with Gasteiger partial charge in [-0.15, -0.1) is 0 Å². The fraction of sp³-hybridized carbons (Fsp3) is 0.444. The lowest BCUT2D eigenvalue weighted by Crippen LogP contribution is -2.50. The van der Waals surface area contributed by atoms with Gasteiger partial charge in [-0.3, -0.25) is 4.90 Å². The molecule has 5 nitrogen and oxygen atoms in total. The van der Waals surface area contributed by atoms with E-state index in [4.69, 9.17) is 4.74 Å². The minimum atomic E-state index is 0.266. The van der Waals surface area contributed by atoms with Crippen molar-refractivity contribution in [3.8, 4) is 0 Å². The van der Waals surface area contributed by atoms with Crippen molar-refractivity contribution < 1.29 is 4.74 Å². The van der Waals surface area contributed by atoms with Gasteiger partial charge in [0.1, 0.15) is 12.1 Å². The van der Waals surface area contributed by atoms with E-state index in [-0.39, 0.29) is 6.10 Å². The maximum absolute atomic E-state index is 6.03. The van der Waals surface area contributed by atoms with Crippen LogP contribution in [-0.2, 0) is 11.3 Å². The first-order valence-corrected chi connectivity index (χ1v) is 8.23. The molecule has 0 radical (unpaired) electrons. The summed E-state index contributed by atoms with van der Waals surface area (Å²) < 4.78 is 6.03. The van der Waals surface area contributed by atoms with Crippen LogP contribution < -0.4 is 4.90 Å². The van der Waals surface area contributed by atoms with Crippen LogP contribution in [-0.4, -0.2) is 53.3 Å². The molecule has 1 aromatic heterocycles. The molecule has 5 heteroatoms. The fourth-order valence-electron chi connectivity index (χ4n) is 3.57. The number of hydrogen-bond donors (Lipinski definition) is 0. The Kier molecular flexibility index (Phi) is 3.97. The van der Waals surface area contributed by atoms with Gasteiger partial charge in [0, 0.05) is 37.9 Å². The van der Waals surface area contributed by atoms with Crippen molar-refractivity contribution in [2.45, 2.75) is 25.6 Å². The summed E-state index contributed by atoms with van der Waals surface area (Å²) in [6.45, 7) is 6.67. The topological polar surface area (TPSA) is 41.5 Å². The number of rotatable bonds is 3. The van der Waals surface area contributed by atoms with Crippen molar-refractivity contribution in [3.05, 3.63) is 54.0 Å². The molecular weight excluding hydrogens is 288 g/mol. The second kappa shape index (κ2) is 6.26. The summed E-state index contributed by atoms with van der Waals surface area (Å²) in [6, 6.07) is 13.2. The third-order valence-corrected chi connectivity index (χ3v) is 4.76. The molecule has 0 aliphatic carbocycles. The lowest BCUT2D eigenvalue weighted by atomic mass is 10.1. The molecule has 120 valence electrons. The van der Waals surface area contributed by atoms with Crippen molar-refractivity contribution in [3.63, 3.8) is 0 Å². The Hall–Kier alpha value is -1.98. The Labute approximate surface area is 136 Å². The highest BCUT2D eigenvalue weighted by Crippen LogP contribution is 2.27. The molecule has 23 heavy (non-hydrogen) atoms. The van der Waals surface area contributed by atoms with Crippen molar-refractivity contribution in [2.75, 3.05) is 31.1 Å². The first kappa shape index (κ1) is 14.6. The van der Waals surface area contributed by atoms with Crippen molar-refractivity contribution >= 4 is 5.82 Å². The lowest BCUT2D eigenvalue weighted by Gasteiger charge is -2.36. The standard InChI is InChI=1S/C18H22N4O/c1-14-9-18(20-13-19-14)22-11-16-17(12-22)23-8-7-21(16)10-15-5-3-2-4-6-15/h2-6,9,13,16-17H,7-8,10-12H2,1H3/t16-,17-/m1/s1. The molecule has 1 aromatic carbocycles. The summed E-state index contributed by atoms with van der Waals surface area (Å²) in [5, 5.41) is 0. The molecule has 0 amide bonds. The zero-order valence-electron chi connectivity index (χ0n) is 13.4. The zero-order valence-corrected chi connectivity index (χ0v) is 13.4. The number of fused-ring (bicyclic) bond motifs is 1. The Balaban J connectivity index is 1.50. The number of hydrogen-bond acceptors (Lipinski definition) is 5. The van der Waals surface area contributed by atoms with Crippen LogP contribution in [0.4, 0.5) is 5.82 Å². The number of aryl methyl sites for hydroxylation is 1. The normalized spacial score (nSPS) is 24.7. The van der Waals surface area contributed by atoms with Gasteiger partial charge in [0.25, 0.3) is 0 Å². The minimum absolute atomic E-state index is 0.266. The lowest BCUT2D eigenvalue weighted by molar-refractivity contribution is -0.0499. The second-order valence-corrected chi connectivity index (χ2v) is 6.36. The van der Waals surface area contributed by atoms with Crippen LogP contribution >= 0.6 is 0 Å². The van der Waals surface area contributed by atoms with Crippen LogP contribution in [0.3, 0.4) is 0 Å². The maximum atomic E-state index is 6.03. The monoisotopic (exact) mass is 310 g/mol.